The molecule has 1 aliphatic rings. The van der Waals surface area contributed by atoms with Crippen LogP contribution in [0, 0.1) is 6.92 Å². The summed E-state index contributed by atoms with van der Waals surface area (Å²) in [6.45, 7) is 6.73. The van der Waals surface area contributed by atoms with Crippen molar-refractivity contribution in [2.75, 3.05) is 31.6 Å². The van der Waals surface area contributed by atoms with Crippen molar-refractivity contribution in [3.05, 3.63) is 59.2 Å². The van der Waals surface area contributed by atoms with Gasteiger partial charge >= 0.3 is 5.97 Å². The summed E-state index contributed by atoms with van der Waals surface area (Å²) in [6, 6.07) is 13.4. The van der Waals surface area contributed by atoms with Crippen molar-refractivity contribution in [3.8, 4) is 0 Å². The van der Waals surface area contributed by atoms with Crippen molar-refractivity contribution >= 4 is 23.3 Å². The van der Waals surface area contributed by atoms with Crippen molar-refractivity contribution < 1.29 is 14.3 Å². The monoisotopic (exact) mass is 380 g/mol. The standard InChI is InChI=1S/C23H28N2O3/c1-4-13-25(20-10-7-18(8-11-20)23(27)28-3)21-12-9-19(16-17(21)2)22(26)24-14-5-6-15-24/h7-12,16H,4-6,13-15H2,1-3H3. The summed E-state index contributed by atoms with van der Waals surface area (Å²) >= 11 is 0. The van der Waals surface area contributed by atoms with E-state index in [0.717, 1.165) is 61.4 Å². The van der Waals surface area contributed by atoms with Crippen LogP contribution in [0.3, 0.4) is 0 Å². The van der Waals surface area contributed by atoms with Crippen LogP contribution in [0.1, 0.15) is 52.5 Å². The molecule has 0 atom stereocenters. The van der Waals surface area contributed by atoms with Crippen molar-refractivity contribution in [3.63, 3.8) is 0 Å². The van der Waals surface area contributed by atoms with Crippen LogP contribution in [0.25, 0.3) is 0 Å². The molecule has 0 saturated carbocycles. The molecule has 0 bridgehead atoms. The van der Waals surface area contributed by atoms with E-state index < -0.39 is 0 Å². The second kappa shape index (κ2) is 8.91. The molecule has 1 aliphatic heterocycles. The van der Waals surface area contributed by atoms with Crippen LogP contribution in [0.2, 0.25) is 0 Å². The van der Waals surface area contributed by atoms with Gasteiger partial charge in [0.15, 0.2) is 0 Å². The molecule has 148 valence electrons. The Morgan fingerprint density at radius 1 is 1.04 bits per heavy atom. The van der Waals surface area contributed by atoms with Crippen LogP contribution in [0.15, 0.2) is 42.5 Å². The van der Waals surface area contributed by atoms with E-state index in [0.29, 0.717) is 5.56 Å². The number of amides is 1. The Labute approximate surface area is 166 Å². The fourth-order valence-electron chi connectivity index (χ4n) is 3.70. The lowest BCUT2D eigenvalue weighted by atomic mass is 10.1. The first-order valence-corrected chi connectivity index (χ1v) is 9.91. The molecule has 0 spiro atoms. The number of carbonyl (C=O) groups excluding carboxylic acids is 2. The van der Waals surface area contributed by atoms with Crippen molar-refractivity contribution in [1.82, 2.24) is 4.90 Å². The molecule has 2 aromatic rings. The minimum Gasteiger partial charge on any atom is -0.465 e. The number of hydrogen-bond donors (Lipinski definition) is 0. The average Bonchev–Trinajstić information content (AvgIpc) is 3.26. The average molecular weight is 380 g/mol. The van der Waals surface area contributed by atoms with Gasteiger partial charge in [-0.15, -0.1) is 0 Å². The Kier molecular flexibility index (Phi) is 6.34. The van der Waals surface area contributed by atoms with Crippen LogP contribution >= 0.6 is 0 Å². The Bertz CT molecular complexity index is 839. The Morgan fingerprint density at radius 3 is 2.25 bits per heavy atom. The molecule has 5 nitrogen and oxygen atoms in total. The summed E-state index contributed by atoms with van der Waals surface area (Å²) in [7, 11) is 1.38. The summed E-state index contributed by atoms with van der Waals surface area (Å²) in [5.74, 6) is -0.217. The zero-order valence-electron chi connectivity index (χ0n) is 16.9. The predicted molar refractivity (Wildman–Crippen MR) is 111 cm³/mol. The van der Waals surface area contributed by atoms with Crippen LogP contribution in [-0.2, 0) is 4.74 Å². The molecule has 28 heavy (non-hydrogen) atoms. The minimum atomic E-state index is -0.338. The lowest BCUT2D eigenvalue weighted by Crippen LogP contribution is -2.27. The molecule has 2 aromatic carbocycles. The van der Waals surface area contributed by atoms with E-state index in [9.17, 15) is 9.59 Å². The summed E-state index contributed by atoms with van der Waals surface area (Å²) in [6.07, 6.45) is 3.16. The highest BCUT2D eigenvalue weighted by Gasteiger charge is 2.21. The van der Waals surface area contributed by atoms with E-state index in [1.54, 1.807) is 12.1 Å². The number of aryl methyl sites for hydroxylation is 1. The Morgan fingerprint density at radius 2 is 1.68 bits per heavy atom. The molecular weight excluding hydrogens is 352 g/mol. The highest BCUT2D eigenvalue weighted by Crippen LogP contribution is 2.30. The Balaban J connectivity index is 1.87. The maximum absolute atomic E-state index is 12.7. The molecule has 3 rings (SSSR count). The van der Waals surface area contributed by atoms with E-state index in [2.05, 4.69) is 11.8 Å². The van der Waals surface area contributed by atoms with Gasteiger partial charge in [-0.2, -0.15) is 0 Å². The second-order valence-corrected chi connectivity index (χ2v) is 7.19. The van der Waals surface area contributed by atoms with E-state index in [4.69, 9.17) is 4.74 Å². The quantitative estimate of drug-likeness (QED) is 0.689. The van der Waals surface area contributed by atoms with Crippen molar-refractivity contribution in [1.29, 1.82) is 0 Å². The number of likely N-dealkylation sites (tertiary alicyclic amines) is 1. The van der Waals surface area contributed by atoms with E-state index in [1.165, 1.54) is 7.11 Å². The third-order valence-electron chi connectivity index (χ3n) is 5.18. The third-order valence-corrected chi connectivity index (χ3v) is 5.18. The topological polar surface area (TPSA) is 49.9 Å². The van der Waals surface area contributed by atoms with Crippen LogP contribution in [0.4, 0.5) is 11.4 Å². The highest BCUT2D eigenvalue weighted by atomic mass is 16.5. The number of hydrogen-bond acceptors (Lipinski definition) is 4. The predicted octanol–water partition coefficient (Wildman–Crippen LogP) is 4.57. The zero-order valence-corrected chi connectivity index (χ0v) is 16.9. The number of rotatable bonds is 6. The molecule has 0 N–H and O–H groups in total. The highest BCUT2D eigenvalue weighted by molar-refractivity contribution is 5.95. The van der Waals surface area contributed by atoms with Crippen molar-refractivity contribution in [2.24, 2.45) is 0 Å². The zero-order chi connectivity index (χ0) is 20.1. The Hall–Kier alpha value is -2.82. The fourth-order valence-corrected chi connectivity index (χ4v) is 3.70. The molecule has 0 radical (unpaired) electrons. The SMILES string of the molecule is CCCN(c1ccc(C(=O)OC)cc1)c1ccc(C(=O)N2CCCC2)cc1C. The maximum atomic E-state index is 12.7. The van der Waals surface area contributed by atoms with E-state index >= 15 is 0 Å². The molecule has 1 amide bonds. The first kappa shape index (κ1) is 19.9. The summed E-state index contributed by atoms with van der Waals surface area (Å²) in [5.41, 5.74) is 4.43. The lowest BCUT2D eigenvalue weighted by molar-refractivity contribution is 0.0600. The molecule has 1 fully saturated rings. The summed E-state index contributed by atoms with van der Waals surface area (Å²) < 4.78 is 4.78. The summed E-state index contributed by atoms with van der Waals surface area (Å²) in [5, 5.41) is 0. The molecule has 1 saturated heterocycles. The molecule has 0 aromatic heterocycles. The van der Waals surface area contributed by atoms with Gasteiger partial charge in [0.25, 0.3) is 5.91 Å². The van der Waals surface area contributed by atoms with Gasteiger partial charge in [0.05, 0.1) is 12.7 Å². The van der Waals surface area contributed by atoms with Crippen LogP contribution < -0.4 is 4.90 Å². The first-order chi connectivity index (χ1) is 13.5. The molecule has 0 aliphatic carbocycles. The normalized spacial score (nSPS) is 13.5. The van der Waals surface area contributed by atoms with E-state index in [1.807, 2.05) is 42.2 Å². The number of carbonyl (C=O) groups is 2. The number of benzene rings is 2. The smallest absolute Gasteiger partial charge is 0.337 e. The number of ether oxygens (including phenoxy) is 1. The number of esters is 1. The van der Waals surface area contributed by atoms with Crippen molar-refractivity contribution in [2.45, 2.75) is 33.1 Å². The third kappa shape index (κ3) is 4.19. The van der Waals surface area contributed by atoms with Gasteiger partial charge in [0.2, 0.25) is 0 Å². The number of methoxy groups -OCH3 is 1. The van der Waals surface area contributed by atoms with Crippen LogP contribution in [-0.4, -0.2) is 43.5 Å². The molecule has 1 heterocycles. The maximum Gasteiger partial charge on any atom is 0.337 e. The minimum absolute atomic E-state index is 0.122. The van der Waals surface area contributed by atoms with Gasteiger partial charge in [-0.25, -0.2) is 4.79 Å². The molecule has 0 unspecified atom stereocenters. The largest absolute Gasteiger partial charge is 0.465 e. The number of anilines is 2. The van der Waals surface area contributed by atoms with Gasteiger partial charge in [-0.1, -0.05) is 6.92 Å². The van der Waals surface area contributed by atoms with Crippen LogP contribution in [0.5, 0.6) is 0 Å². The fraction of sp³-hybridized carbons (Fsp3) is 0.391. The molecular formula is C23H28N2O3. The van der Waals surface area contributed by atoms with Gasteiger partial charge in [0.1, 0.15) is 0 Å². The van der Waals surface area contributed by atoms with Gasteiger partial charge in [-0.05, 0) is 74.2 Å². The first-order valence-electron chi connectivity index (χ1n) is 9.91. The lowest BCUT2D eigenvalue weighted by Gasteiger charge is -2.27. The van der Waals surface area contributed by atoms with Gasteiger partial charge in [0, 0.05) is 36.6 Å². The van der Waals surface area contributed by atoms with E-state index in [-0.39, 0.29) is 11.9 Å². The number of nitrogens with zero attached hydrogens (tertiary/aromatic N) is 2. The summed E-state index contributed by atoms with van der Waals surface area (Å²) in [4.78, 5) is 28.5. The second-order valence-electron chi connectivity index (χ2n) is 7.19. The van der Waals surface area contributed by atoms with Gasteiger partial charge in [-0.3, -0.25) is 4.79 Å². The molecule has 5 heteroatoms. The van der Waals surface area contributed by atoms with Gasteiger partial charge < -0.3 is 14.5 Å².